The Labute approximate surface area is 124 Å². The second kappa shape index (κ2) is 4.98. The molecule has 2 amide bonds. The van der Waals surface area contributed by atoms with Crippen LogP contribution >= 0.6 is 0 Å². The van der Waals surface area contributed by atoms with Gasteiger partial charge in [-0.1, -0.05) is 6.07 Å². The molecule has 1 aliphatic rings. The molecule has 112 valence electrons. The maximum atomic E-state index is 12.1. The van der Waals surface area contributed by atoms with Gasteiger partial charge in [0.15, 0.2) is 0 Å². The number of fused-ring (bicyclic) bond motifs is 1. The predicted octanol–water partition coefficient (Wildman–Crippen LogP) is 1.75. The van der Waals surface area contributed by atoms with E-state index in [-0.39, 0.29) is 18.0 Å². The maximum absolute atomic E-state index is 12.1. The van der Waals surface area contributed by atoms with Crippen molar-refractivity contribution in [3.8, 4) is 0 Å². The van der Waals surface area contributed by atoms with Crippen molar-refractivity contribution in [2.75, 3.05) is 11.4 Å². The van der Waals surface area contributed by atoms with E-state index >= 15 is 0 Å². The zero-order valence-corrected chi connectivity index (χ0v) is 13.0. The number of carbonyl (C=O) groups excluding carboxylic acids is 3. The number of ketones is 1. The Balaban J connectivity index is 2.35. The van der Waals surface area contributed by atoms with Crippen molar-refractivity contribution in [1.82, 2.24) is 5.32 Å². The minimum absolute atomic E-state index is 0.140. The average molecular weight is 288 g/mol. The molecule has 1 aromatic rings. The molecule has 1 N–H and O–H groups in total. The molecule has 5 nitrogen and oxygen atoms in total. The van der Waals surface area contributed by atoms with E-state index in [2.05, 4.69) is 5.32 Å². The topological polar surface area (TPSA) is 66.5 Å². The third-order valence-electron chi connectivity index (χ3n) is 3.47. The van der Waals surface area contributed by atoms with Crippen molar-refractivity contribution in [2.45, 2.75) is 40.2 Å². The van der Waals surface area contributed by atoms with Gasteiger partial charge in [0.2, 0.25) is 5.91 Å². The summed E-state index contributed by atoms with van der Waals surface area (Å²) in [6.07, 6.45) is 0. The molecule has 0 aromatic heterocycles. The molecule has 0 saturated carbocycles. The van der Waals surface area contributed by atoms with E-state index in [0.29, 0.717) is 11.3 Å². The van der Waals surface area contributed by atoms with Crippen LogP contribution in [0.3, 0.4) is 0 Å². The number of rotatable bonds is 2. The SMILES string of the molecule is Cc1ccc2c(c1C)N(CC(=O)NC(C)(C)C)C(=O)C2=O. The third-order valence-corrected chi connectivity index (χ3v) is 3.47. The molecule has 0 atom stereocenters. The third kappa shape index (κ3) is 2.82. The molecule has 0 spiro atoms. The first-order valence-electron chi connectivity index (χ1n) is 6.89. The first kappa shape index (κ1) is 15.2. The van der Waals surface area contributed by atoms with Gasteiger partial charge in [0.05, 0.1) is 11.3 Å². The molecular formula is C16H20N2O3. The summed E-state index contributed by atoms with van der Waals surface area (Å²) in [5, 5.41) is 2.80. The van der Waals surface area contributed by atoms with Gasteiger partial charge in [0, 0.05) is 5.54 Å². The van der Waals surface area contributed by atoms with Crippen LogP contribution in [0.4, 0.5) is 5.69 Å². The highest BCUT2D eigenvalue weighted by Crippen LogP contribution is 2.33. The number of hydrogen-bond donors (Lipinski definition) is 1. The Morgan fingerprint density at radius 1 is 1.19 bits per heavy atom. The number of anilines is 1. The van der Waals surface area contributed by atoms with Crippen LogP contribution in [-0.4, -0.2) is 29.7 Å². The number of Topliss-reactive ketones (excluding diaryl/α,β-unsaturated/α-hetero) is 1. The Kier molecular flexibility index (Phi) is 3.61. The molecule has 0 saturated heterocycles. The second-order valence-corrected chi connectivity index (χ2v) is 6.42. The fraction of sp³-hybridized carbons (Fsp3) is 0.438. The Bertz CT molecular complexity index is 642. The summed E-state index contributed by atoms with van der Waals surface area (Å²) in [5.41, 5.74) is 2.40. The molecule has 0 bridgehead atoms. The standard InChI is InChI=1S/C16H20N2O3/c1-9-6-7-11-13(10(9)2)18(15(21)14(11)20)8-12(19)17-16(3,4)5/h6-7H,8H2,1-5H3,(H,17,19). The first-order valence-corrected chi connectivity index (χ1v) is 6.89. The van der Waals surface area contributed by atoms with Gasteiger partial charge in [-0.2, -0.15) is 0 Å². The summed E-state index contributed by atoms with van der Waals surface area (Å²) in [4.78, 5) is 37.5. The van der Waals surface area contributed by atoms with Crippen molar-refractivity contribution >= 4 is 23.3 Å². The number of carbonyl (C=O) groups is 3. The number of nitrogens with one attached hydrogen (secondary N) is 1. The summed E-state index contributed by atoms with van der Waals surface area (Å²) in [6.45, 7) is 9.23. The molecule has 21 heavy (non-hydrogen) atoms. The molecule has 1 aliphatic heterocycles. The van der Waals surface area contributed by atoms with Crippen molar-refractivity contribution in [3.05, 3.63) is 28.8 Å². The van der Waals surface area contributed by atoms with Crippen molar-refractivity contribution < 1.29 is 14.4 Å². The van der Waals surface area contributed by atoms with Gasteiger partial charge in [-0.15, -0.1) is 0 Å². The normalized spacial score (nSPS) is 14.4. The second-order valence-electron chi connectivity index (χ2n) is 6.42. The lowest BCUT2D eigenvalue weighted by atomic mass is 10.0. The number of hydrogen-bond acceptors (Lipinski definition) is 3. The van der Waals surface area contributed by atoms with E-state index in [1.165, 1.54) is 4.90 Å². The quantitative estimate of drug-likeness (QED) is 0.843. The van der Waals surface area contributed by atoms with Gasteiger partial charge in [0.1, 0.15) is 6.54 Å². The highest BCUT2D eigenvalue weighted by molar-refractivity contribution is 6.52. The van der Waals surface area contributed by atoms with E-state index in [1.54, 1.807) is 6.07 Å². The summed E-state index contributed by atoms with van der Waals surface area (Å²) >= 11 is 0. The highest BCUT2D eigenvalue weighted by Gasteiger charge is 2.38. The molecule has 0 radical (unpaired) electrons. The van der Waals surface area contributed by atoms with Crippen LogP contribution < -0.4 is 10.2 Å². The number of nitrogens with zero attached hydrogens (tertiary/aromatic N) is 1. The lowest BCUT2D eigenvalue weighted by Gasteiger charge is -2.24. The van der Waals surface area contributed by atoms with Gasteiger partial charge in [-0.3, -0.25) is 19.3 Å². The van der Waals surface area contributed by atoms with Crippen LogP contribution in [0, 0.1) is 13.8 Å². The molecule has 1 heterocycles. The van der Waals surface area contributed by atoms with Gasteiger partial charge >= 0.3 is 0 Å². The van der Waals surface area contributed by atoms with Crippen LogP contribution in [0.15, 0.2) is 12.1 Å². The largest absolute Gasteiger partial charge is 0.350 e. The Hall–Kier alpha value is -2.17. The molecule has 0 aliphatic carbocycles. The lowest BCUT2D eigenvalue weighted by molar-refractivity contribution is -0.123. The fourth-order valence-electron chi connectivity index (χ4n) is 2.42. The van der Waals surface area contributed by atoms with E-state index < -0.39 is 11.7 Å². The van der Waals surface area contributed by atoms with Crippen LogP contribution in [0.25, 0.3) is 0 Å². The van der Waals surface area contributed by atoms with E-state index in [1.807, 2.05) is 40.7 Å². The minimum atomic E-state index is -0.636. The maximum Gasteiger partial charge on any atom is 0.299 e. The van der Waals surface area contributed by atoms with Gasteiger partial charge < -0.3 is 5.32 Å². The molecule has 1 aromatic carbocycles. The summed E-state index contributed by atoms with van der Waals surface area (Å²) in [6, 6.07) is 3.47. The van der Waals surface area contributed by atoms with Crippen LogP contribution in [0.2, 0.25) is 0 Å². The molecule has 0 fully saturated rings. The minimum Gasteiger partial charge on any atom is -0.350 e. The predicted molar refractivity (Wildman–Crippen MR) is 80.5 cm³/mol. The average Bonchev–Trinajstić information content (AvgIpc) is 2.57. The van der Waals surface area contributed by atoms with Gasteiger partial charge in [-0.05, 0) is 51.8 Å². The number of benzene rings is 1. The molecular weight excluding hydrogens is 268 g/mol. The lowest BCUT2D eigenvalue weighted by Crippen LogP contribution is -2.47. The number of amides is 2. The summed E-state index contributed by atoms with van der Waals surface area (Å²) in [5.74, 6) is -1.46. The van der Waals surface area contributed by atoms with Crippen molar-refractivity contribution in [1.29, 1.82) is 0 Å². The van der Waals surface area contributed by atoms with Crippen LogP contribution in [-0.2, 0) is 9.59 Å². The van der Waals surface area contributed by atoms with E-state index in [9.17, 15) is 14.4 Å². The van der Waals surface area contributed by atoms with Gasteiger partial charge in [0.25, 0.3) is 11.7 Å². The summed E-state index contributed by atoms with van der Waals surface area (Å²) in [7, 11) is 0. The zero-order chi connectivity index (χ0) is 15.9. The highest BCUT2D eigenvalue weighted by atomic mass is 16.2. The zero-order valence-electron chi connectivity index (χ0n) is 13.0. The smallest absolute Gasteiger partial charge is 0.299 e. The van der Waals surface area contributed by atoms with Crippen LogP contribution in [0.5, 0.6) is 0 Å². The molecule has 0 unspecified atom stereocenters. The number of aryl methyl sites for hydroxylation is 1. The van der Waals surface area contributed by atoms with E-state index in [0.717, 1.165) is 11.1 Å². The monoisotopic (exact) mass is 288 g/mol. The molecule has 2 rings (SSSR count). The van der Waals surface area contributed by atoms with Crippen molar-refractivity contribution in [2.24, 2.45) is 0 Å². The Morgan fingerprint density at radius 3 is 2.38 bits per heavy atom. The first-order chi connectivity index (χ1) is 9.61. The Morgan fingerprint density at radius 2 is 1.81 bits per heavy atom. The fourth-order valence-corrected chi connectivity index (χ4v) is 2.42. The van der Waals surface area contributed by atoms with Gasteiger partial charge in [-0.25, -0.2) is 0 Å². The summed E-state index contributed by atoms with van der Waals surface area (Å²) < 4.78 is 0. The van der Waals surface area contributed by atoms with Crippen LogP contribution in [0.1, 0.15) is 42.3 Å². The van der Waals surface area contributed by atoms with E-state index in [4.69, 9.17) is 0 Å². The molecule has 5 heteroatoms. The van der Waals surface area contributed by atoms with Crippen molar-refractivity contribution in [3.63, 3.8) is 0 Å².